The molecule has 1 unspecified atom stereocenters. The summed E-state index contributed by atoms with van der Waals surface area (Å²) in [5.41, 5.74) is 8.08. The molecule has 2 heterocycles. The van der Waals surface area contributed by atoms with Crippen LogP contribution < -0.4 is 5.73 Å². The lowest BCUT2D eigenvalue weighted by Gasteiger charge is -2.26. The summed E-state index contributed by atoms with van der Waals surface area (Å²) in [6.45, 7) is 5.81. The Labute approximate surface area is 120 Å². The van der Waals surface area contributed by atoms with E-state index in [0.29, 0.717) is 0 Å². The second kappa shape index (κ2) is 5.70. The summed E-state index contributed by atoms with van der Waals surface area (Å²) >= 11 is 6.07. The highest BCUT2D eigenvalue weighted by Gasteiger charge is 2.28. The summed E-state index contributed by atoms with van der Waals surface area (Å²) in [7, 11) is 0. The minimum Gasteiger partial charge on any atom is -0.398 e. The lowest BCUT2D eigenvalue weighted by atomic mass is 10.1. The van der Waals surface area contributed by atoms with Gasteiger partial charge in [0.25, 0.3) is 0 Å². The van der Waals surface area contributed by atoms with Crippen molar-refractivity contribution in [1.29, 1.82) is 0 Å². The summed E-state index contributed by atoms with van der Waals surface area (Å²) in [6, 6.07) is 6.54. The zero-order valence-corrected chi connectivity index (χ0v) is 12.1. The maximum atomic E-state index is 6.07. The van der Waals surface area contributed by atoms with E-state index >= 15 is 0 Å². The second-order valence-electron chi connectivity index (χ2n) is 5.76. The molecule has 2 fully saturated rings. The van der Waals surface area contributed by atoms with Crippen molar-refractivity contribution in [3.63, 3.8) is 0 Å². The monoisotopic (exact) mass is 279 g/mol. The van der Waals surface area contributed by atoms with Gasteiger partial charge in [0.2, 0.25) is 0 Å². The topological polar surface area (TPSA) is 32.5 Å². The average Bonchev–Trinajstić information content (AvgIpc) is 2.73. The normalized spacial score (nSPS) is 25.2. The van der Waals surface area contributed by atoms with Gasteiger partial charge in [-0.3, -0.25) is 9.80 Å². The first kappa shape index (κ1) is 13.2. The van der Waals surface area contributed by atoms with Gasteiger partial charge in [0.1, 0.15) is 0 Å². The SMILES string of the molecule is Nc1ccc(Cl)cc1CN1CCCN2CCCC2C1. The van der Waals surface area contributed by atoms with Crippen LogP contribution in [-0.4, -0.2) is 42.0 Å². The van der Waals surface area contributed by atoms with Crippen LogP contribution in [0.15, 0.2) is 18.2 Å². The average molecular weight is 280 g/mol. The van der Waals surface area contributed by atoms with Gasteiger partial charge in [-0.1, -0.05) is 11.6 Å². The molecular formula is C15H22ClN3. The van der Waals surface area contributed by atoms with E-state index < -0.39 is 0 Å². The molecule has 2 aliphatic rings. The van der Waals surface area contributed by atoms with Crippen LogP contribution >= 0.6 is 11.6 Å². The number of hydrogen-bond acceptors (Lipinski definition) is 3. The van der Waals surface area contributed by atoms with Crippen LogP contribution in [0, 0.1) is 0 Å². The summed E-state index contributed by atoms with van der Waals surface area (Å²) in [4.78, 5) is 5.19. The summed E-state index contributed by atoms with van der Waals surface area (Å²) in [5.74, 6) is 0. The molecule has 2 aliphatic heterocycles. The lowest BCUT2D eigenvalue weighted by Crippen LogP contribution is -2.36. The van der Waals surface area contributed by atoms with Gasteiger partial charge in [-0.25, -0.2) is 0 Å². The van der Waals surface area contributed by atoms with E-state index in [1.165, 1.54) is 51.0 Å². The van der Waals surface area contributed by atoms with Crippen molar-refractivity contribution in [2.75, 3.05) is 31.9 Å². The van der Waals surface area contributed by atoms with E-state index in [2.05, 4.69) is 9.80 Å². The molecule has 0 spiro atoms. The maximum Gasteiger partial charge on any atom is 0.0410 e. The molecule has 0 aliphatic carbocycles. The highest BCUT2D eigenvalue weighted by atomic mass is 35.5. The lowest BCUT2D eigenvalue weighted by molar-refractivity contribution is 0.215. The number of halogens is 1. The van der Waals surface area contributed by atoms with Crippen molar-refractivity contribution in [3.8, 4) is 0 Å². The first-order valence-corrected chi connectivity index (χ1v) is 7.60. The predicted octanol–water partition coefficient (Wildman–Crippen LogP) is 2.59. The molecular weight excluding hydrogens is 258 g/mol. The molecule has 104 valence electrons. The molecule has 2 N–H and O–H groups in total. The Morgan fingerprint density at radius 1 is 1.21 bits per heavy atom. The first-order chi connectivity index (χ1) is 9.22. The smallest absolute Gasteiger partial charge is 0.0410 e. The number of rotatable bonds is 2. The quantitative estimate of drug-likeness (QED) is 0.845. The fourth-order valence-electron chi connectivity index (χ4n) is 3.38. The highest BCUT2D eigenvalue weighted by molar-refractivity contribution is 6.30. The van der Waals surface area contributed by atoms with Gasteiger partial charge in [0, 0.05) is 29.8 Å². The number of fused-ring (bicyclic) bond motifs is 1. The van der Waals surface area contributed by atoms with Gasteiger partial charge in [0.15, 0.2) is 0 Å². The molecule has 19 heavy (non-hydrogen) atoms. The summed E-state index contributed by atoms with van der Waals surface area (Å²) in [6.07, 6.45) is 3.97. The minimum atomic E-state index is 0.753. The molecule has 0 saturated carbocycles. The van der Waals surface area contributed by atoms with Crippen LogP contribution in [0.2, 0.25) is 5.02 Å². The number of hydrogen-bond donors (Lipinski definition) is 1. The largest absolute Gasteiger partial charge is 0.398 e. The summed E-state index contributed by atoms with van der Waals surface area (Å²) < 4.78 is 0. The van der Waals surface area contributed by atoms with Crippen LogP contribution in [0.1, 0.15) is 24.8 Å². The van der Waals surface area contributed by atoms with Crippen LogP contribution in [0.25, 0.3) is 0 Å². The van der Waals surface area contributed by atoms with Crippen molar-refractivity contribution >= 4 is 17.3 Å². The third-order valence-electron chi connectivity index (χ3n) is 4.39. The van der Waals surface area contributed by atoms with Gasteiger partial charge < -0.3 is 5.73 Å². The molecule has 0 radical (unpaired) electrons. The molecule has 4 heteroatoms. The Hall–Kier alpha value is -0.770. The number of nitrogens with zero attached hydrogens (tertiary/aromatic N) is 2. The first-order valence-electron chi connectivity index (χ1n) is 7.23. The molecule has 1 aromatic rings. The third kappa shape index (κ3) is 3.04. The molecule has 2 saturated heterocycles. The zero-order valence-electron chi connectivity index (χ0n) is 11.3. The van der Waals surface area contributed by atoms with Crippen LogP contribution in [0.5, 0.6) is 0 Å². The van der Waals surface area contributed by atoms with Crippen molar-refractivity contribution in [2.24, 2.45) is 0 Å². The zero-order chi connectivity index (χ0) is 13.2. The highest BCUT2D eigenvalue weighted by Crippen LogP contribution is 2.24. The van der Waals surface area contributed by atoms with Crippen molar-refractivity contribution < 1.29 is 0 Å². The molecule has 0 amide bonds. The Bertz CT molecular complexity index is 449. The molecule has 3 rings (SSSR count). The third-order valence-corrected chi connectivity index (χ3v) is 4.62. The fourth-order valence-corrected chi connectivity index (χ4v) is 3.57. The van der Waals surface area contributed by atoms with E-state index in [9.17, 15) is 0 Å². The van der Waals surface area contributed by atoms with Crippen molar-refractivity contribution in [3.05, 3.63) is 28.8 Å². The predicted molar refractivity (Wildman–Crippen MR) is 80.4 cm³/mol. The van der Waals surface area contributed by atoms with Gasteiger partial charge in [-0.15, -0.1) is 0 Å². The van der Waals surface area contributed by atoms with E-state index in [1.807, 2.05) is 18.2 Å². The molecule has 1 atom stereocenters. The van der Waals surface area contributed by atoms with E-state index in [4.69, 9.17) is 17.3 Å². The van der Waals surface area contributed by atoms with E-state index in [-0.39, 0.29) is 0 Å². The van der Waals surface area contributed by atoms with Crippen molar-refractivity contribution in [1.82, 2.24) is 9.80 Å². The maximum absolute atomic E-state index is 6.07. The fraction of sp³-hybridized carbons (Fsp3) is 0.600. The Morgan fingerprint density at radius 2 is 2.05 bits per heavy atom. The van der Waals surface area contributed by atoms with Gasteiger partial charge in [-0.05, 0) is 62.7 Å². The van der Waals surface area contributed by atoms with Crippen molar-refractivity contribution in [2.45, 2.75) is 31.8 Å². The molecule has 1 aromatic carbocycles. The number of nitrogens with two attached hydrogens (primary N) is 1. The number of benzene rings is 1. The Kier molecular flexibility index (Phi) is 3.96. The minimum absolute atomic E-state index is 0.753. The number of nitrogen functional groups attached to an aromatic ring is 1. The summed E-state index contributed by atoms with van der Waals surface area (Å²) in [5, 5.41) is 0.779. The van der Waals surface area contributed by atoms with Crippen LogP contribution in [-0.2, 0) is 6.54 Å². The van der Waals surface area contributed by atoms with Gasteiger partial charge in [0.05, 0.1) is 0 Å². The van der Waals surface area contributed by atoms with Crippen LogP contribution in [0.4, 0.5) is 5.69 Å². The Balaban J connectivity index is 1.70. The molecule has 3 nitrogen and oxygen atoms in total. The Morgan fingerprint density at radius 3 is 2.95 bits per heavy atom. The van der Waals surface area contributed by atoms with E-state index in [1.54, 1.807) is 0 Å². The van der Waals surface area contributed by atoms with Gasteiger partial charge in [-0.2, -0.15) is 0 Å². The second-order valence-corrected chi connectivity index (χ2v) is 6.20. The van der Waals surface area contributed by atoms with E-state index in [0.717, 1.165) is 23.3 Å². The van der Waals surface area contributed by atoms with Gasteiger partial charge >= 0.3 is 0 Å². The standard InChI is InChI=1S/C15H22ClN3/c16-13-4-5-15(17)12(9-13)10-18-6-2-8-19-7-1-3-14(19)11-18/h4-5,9,14H,1-3,6-8,10-11,17H2. The molecule has 0 aromatic heterocycles. The molecule has 0 bridgehead atoms. The van der Waals surface area contributed by atoms with Crippen LogP contribution in [0.3, 0.4) is 0 Å². The number of anilines is 1.